The lowest BCUT2D eigenvalue weighted by Gasteiger charge is -2.48. The van der Waals surface area contributed by atoms with E-state index in [1.807, 2.05) is 6.92 Å². The number of carboxylic acids is 1. The second-order valence-electron chi connectivity index (χ2n) is 7.97. The van der Waals surface area contributed by atoms with Crippen molar-refractivity contribution in [3.8, 4) is 0 Å². The van der Waals surface area contributed by atoms with Crippen molar-refractivity contribution < 1.29 is 24.3 Å². The number of carboxylic acid groups (broad SMARTS) is 1. The number of carbonyl (C=O) groups is 4. The van der Waals surface area contributed by atoms with E-state index in [-0.39, 0.29) is 30.3 Å². The van der Waals surface area contributed by atoms with Gasteiger partial charge in [0.25, 0.3) is 5.91 Å². The lowest BCUT2D eigenvalue weighted by atomic mass is 9.98. The van der Waals surface area contributed by atoms with Crippen molar-refractivity contribution in [1.29, 1.82) is 0 Å². The first kappa shape index (κ1) is 18.5. The molecular weight excluding hydrogens is 362 g/mol. The number of aliphatic carboxylic acids is 1. The fourth-order valence-corrected chi connectivity index (χ4v) is 4.70. The van der Waals surface area contributed by atoms with E-state index in [0.29, 0.717) is 43.4 Å². The summed E-state index contributed by atoms with van der Waals surface area (Å²) in [5.74, 6) is -1.94. The van der Waals surface area contributed by atoms with E-state index in [1.165, 1.54) is 4.90 Å². The molecule has 2 aliphatic heterocycles. The monoisotopic (exact) mass is 385 g/mol. The van der Waals surface area contributed by atoms with Crippen molar-refractivity contribution >= 4 is 29.4 Å². The third-order valence-electron chi connectivity index (χ3n) is 6.19. The molecule has 2 fully saturated rings. The van der Waals surface area contributed by atoms with Gasteiger partial charge in [-0.15, -0.1) is 0 Å². The van der Waals surface area contributed by atoms with Gasteiger partial charge in [-0.25, -0.2) is 0 Å². The molecule has 1 saturated carbocycles. The van der Waals surface area contributed by atoms with E-state index in [0.717, 1.165) is 0 Å². The number of rotatable bonds is 4. The first-order chi connectivity index (χ1) is 13.3. The Balaban J connectivity index is 1.54. The molecule has 1 aliphatic carbocycles. The molecule has 28 heavy (non-hydrogen) atoms. The van der Waals surface area contributed by atoms with Gasteiger partial charge in [0.1, 0.15) is 12.2 Å². The van der Waals surface area contributed by atoms with Crippen LogP contribution in [0.25, 0.3) is 0 Å². The molecular formula is C20H23N3O5. The van der Waals surface area contributed by atoms with Crippen molar-refractivity contribution in [3.63, 3.8) is 0 Å². The number of fused-ring (bicyclic) bond motifs is 3. The highest BCUT2D eigenvalue weighted by Gasteiger charge is 2.53. The Morgan fingerprint density at radius 1 is 1.25 bits per heavy atom. The summed E-state index contributed by atoms with van der Waals surface area (Å²) in [5, 5.41) is 12.0. The van der Waals surface area contributed by atoms with E-state index >= 15 is 0 Å². The van der Waals surface area contributed by atoms with E-state index in [2.05, 4.69) is 5.32 Å². The Hall–Kier alpha value is -2.90. The molecule has 2 heterocycles. The smallest absolute Gasteiger partial charge is 0.306 e. The average molecular weight is 385 g/mol. The Labute approximate surface area is 162 Å². The second kappa shape index (κ2) is 6.61. The van der Waals surface area contributed by atoms with Crippen LogP contribution in [0.3, 0.4) is 0 Å². The van der Waals surface area contributed by atoms with E-state index in [9.17, 15) is 19.2 Å². The number of hydrogen-bond donors (Lipinski definition) is 2. The second-order valence-corrected chi connectivity index (χ2v) is 7.97. The molecule has 1 unspecified atom stereocenters. The van der Waals surface area contributed by atoms with Gasteiger partial charge in [0, 0.05) is 12.5 Å². The SMILES string of the molecule is CC12CCC(=O)N1c1ccccc1C(=O)N2CC(=O)N[C@@H]1CC[C@H](C(=O)O)C1. The van der Waals surface area contributed by atoms with Crippen molar-refractivity contribution in [1.82, 2.24) is 10.2 Å². The molecule has 3 atom stereocenters. The number of benzene rings is 1. The van der Waals surface area contributed by atoms with E-state index in [1.54, 1.807) is 29.2 Å². The fourth-order valence-electron chi connectivity index (χ4n) is 4.70. The molecule has 8 heteroatoms. The van der Waals surface area contributed by atoms with Crippen molar-refractivity contribution in [2.45, 2.75) is 50.7 Å². The van der Waals surface area contributed by atoms with Gasteiger partial charge in [-0.05, 0) is 44.7 Å². The molecule has 148 valence electrons. The summed E-state index contributed by atoms with van der Waals surface area (Å²) in [7, 11) is 0. The highest BCUT2D eigenvalue weighted by Crippen LogP contribution is 2.43. The van der Waals surface area contributed by atoms with Crippen LogP contribution in [0, 0.1) is 5.92 Å². The summed E-state index contributed by atoms with van der Waals surface area (Å²) >= 11 is 0. The van der Waals surface area contributed by atoms with Gasteiger partial charge in [-0.3, -0.25) is 24.1 Å². The first-order valence-electron chi connectivity index (χ1n) is 9.57. The molecule has 0 aromatic heterocycles. The summed E-state index contributed by atoms with van der Waals surface area (Å²) in [5.41, 5.74) is 0.128. The van der Waals surface area contributed by atoms with Crippen LogP contribution >= 0.6 is 0 Å². The van der Waals surface area contributed by atoms with Crippen LogP contribution in [-0.4, -0.2) is 51.9 Å². The molecule has 4 rings (SSSR count). The molecule has 8 nitrogen and oxygen atoms in total. The van der Waals surface area contributed by atoms with Crippen molar-refractivity contribution in [2.24, 2.45) is 5.92 Å². The van der Waals surface area contributed by atoms with Gasteiger partial charge in [0.2, 0.25) is 11.8 Å². The lowest BCUT2D eigenvalue weighted by molar-refractivity contribution is -0.141. The highest BCUT2D eigenvalue weighted by molar-refractivity contribution is 6.11. The van der Waals surface area contributed by atoms with Crippen LogP contribution in [0.4, 0.5) is 5.69 Å². The predicted octanol–water partition coefficient (Wildman–Crippen LogP) is 1.35. The third kappa shape index (κ3) is 2.83. The van der Waals surface area contributed by atoms with Gasteiger partial charge < -0.3 is 15.3 Å². The third-order valence-corrected chi connectivity index (χ3v) is 6.19. The predicted molar refractivity (Wildman–Crippen MR) is 99.5 cm³/mol. The maximum Gasteiger partial charge on any atom is 0.306 e. The number of anilines is 1. The number of carbonyl (C=O) groups excluding carboxylic acids is 3. The Morgan fingerprint density at radius 2 is 2.00 bits per heavy atom. The molecule has 1 aromatic rings. The average Bonchev–Trinajstić information content (AvgIpc) is 3.24. The van der Waals surface area contributed by atoms with Crippen LogP contribution in [0.1, 0.15) is 49.4 Å². The Morgan fingerprint density at radius 3 is 2.71 bits per heavy atom. The summed E-state index contributed by atoms with van der Waals surface area (Å²) in [6.45, 7) is 1.65. The molecule has 0 bridgehead atoms. The van der Waals surface area contributed by atoms with Crippen molar-refractivity contribution in [3.05, 3.63) is 29.8 Å². The zero-order valence-electron chi connectivity index (χ0n) is 15.7. The van der Waals surface area contributed by atoms with Crippen LogP contribution in [0.2, 0.25) is 0 Å². The minimum atomic E-state index is -0.876. The molecule has 1 saturated heterocycles. The van der Waals surface area contributed by atoms with Crippen LogP contribution < -0.4 is 10.2 Å². The molecule has 3 aliphatic rings. The van der Waals surface area contributed by atoms with Gasteiger partial charge in [-0.2, -0.15) is 0 Å². The Bertz CT molecular complexity index is 869. The highest BCUT2D eigenvalue weighted by atomic mass is 16.4. The van der Waals surface area contributed by atoms with Crippen molar-refractivity contribution in [2.75, 3.05) is 11.4 Å². The first-order valence-corrected chi connectivity index (χ1v) is 9.57. The van der Waals surface area contributed by atoms with Gasteiger partial charge >= 0.3 is 5.97 Å². The normalized spacial score (nSPS) is 28.9. The maximum atomic E-state index is 13.1. The maximum absolute atomic E-state index is 13.1. The Kier molecular flexibility index (Phi) is 4.36. The number of hydrogen-bond acceptors (Lipinski definition) is 4. The fraction of sp³-hybridized carbons (Fsp3) is 0.500. The molecule has 0 radical (unpaired) electrons. The summed E-state index contributed by atoms with van der Waals surface area (Å²) in [4.78, 5) is 52.5. The van der Waals surface area contributed by atoms with E-state index in [4.69, 9.17) is 5.11 Å². The van der Waals surface area contributed by atoms with Gasteiger partial charge in [0.15, 0.2) is 0 Å². The zero-order chi connectivity index (χ0) is 20.1. The molecule has 1 aromatic carbocycles. The van der Waals surface area contributed by atoms with Crippen LogP contribution in [0.15, 0.2) is 24.3 Å². The molecule has 2 N–H and O–H groups in total. The van der Waals surface area contributed by atoms with Crippen LogP contribution in [0.5, 0.6) is 0 Å². The lowest BCUT2D eigenvalue weighted by Crippen LogP contribution is -2.64. The number of nitrogens with one attached hydrogen (secondary N) is 1. The number of para-hydroxylation sites is 1. The number of nitrogens with zero attached hydrogens (tertiary/aromatic N) is 2. The molecule has 3 amide bonds. The summed E-state index contributed by atoms with van der Waals surface area (Å²) in [6.07, 6.45) is 2.33. The summed E-state index contributed by atoms with van der Waals surface area (Å²) < 4.78 is 0. The summed E-state index contributed by atoms with van der Waals surface area (Å²) in [6, 6.07) is 6.76. The quantitative estimate of drug-likeness (QED) is 0.814. The standard InChI is InChI=1S/C20H23N3O5/c1-20-9-8-17(25)23(20)15-5-3-2-4-14(15)18(26)22(20)11-16(24)21-13-7-6-12(10-13)19(27)28/h2-5,12-13H,6-11H2,1H3,(H,21,24)(H,27,28)/t12-,13+,20?/m0/s1. The minimum absolute atomic E-state index is 0.0621. The minimum Gasteiger partial charge on any atom is -0.481 e. The van der Waals surface area contributed by atoms with Crippen LogP contribution in [-0.2, 0) is 14.4 Å². The van der Waals surface area contributed by atoms with Gasteiger partial charge in [-0.1, -0.05) is 12.1 Å². The number of amides is 3. The molecule has 0 spiro atoms. The largest absolute Gasteiger partial charge is 0.481 e. The topological polar surface area (TPSA) is 107 Å². The zero-order valence-corrected chi connectivity index (χ0v) is 15.7. The van der Waals surface area contributed by atoms with Gasteiger partial charge in [0.05, 0.1) is 17.2 Å². The van der Waals surface area contributed by atoms with E-state index < -0.39 is 17.6 Å².